The van der Waals surface area contributed by atoms with Gasteiger partial charge in [0.25, 0.3) is 0 Å². The Morgan fingerprint density at radius 3 is 1.01 bits per heavy atom. The topological polar surface area (TPSA) is 531 Å². The third-order valence-electron chi connectivity index (χ3n) is 15.3. The number of carboxylic acid groups (broad SMARTS) is 2. The van der Waals surface area contributed by atoms with Gasteiger partial charge < -0.3 is 96.5 Å². The minimum absolute atomic E-state index is 0.0110. The molecule has 0 rings (SSSR count). The van der Waals surface area contributed by atoms with Crippen molar-refractivity contribution < 1.29 is 82.1 Å². The van der Waals surface area contributed by atoms with Crippen LogP contribution in [0.4, 0.5) is 0 Å². The third kappa shape index (κ3) is 31.3. The van der Waals surface area contributed by atoms with E-state index in [4.69, 9.17) is 22.3 Å². The van der Waals surface area contributed by atoms with Crippen LogP contribution in [0.15, 0.2) is 0 Å². The monoisotopic (exact) mass is 1310 g/mol. The zero-order valence-electron chi connectivity index (χ0n) is 55.6. The number of nitrogens with one attached hydrogen (secondary N) is 13. The molecule has 0 aliphatic heterocycles. The van der Waals surface area contributed by atoms with Gasteiger partial charge in [-0.2, -0.15) is 0 Å². The molecule has 33 nitrogen and oxygen atoms in total. The second-order valence-electron chi connectivity index (χ2n) is 23.7. The molecule has 524 valence electrons. The summed E-state index contributed by atoms with van der Waals surface area (Å²) in [5.41, 5.74) is 16.9. The molecule has 0 radical (unpaired) electrons. The molecular formula is C59H106N16O17. The maximum absolute atomic E-state index is 14.2. The van der Waals surface area contributed by atoms with E-state index in [-0.39, 0.29) is 44.2 Å². The fourth-order valence-electron chi connectivity index (χ4n) is 8.82. The summed E-state index contributed by atoms with van der Waals surface area (Å²) in [5, 5.41) is 51.0. The van der Waals surface area contributed by atoms with Crippen LogP contribution in [0.5, 0.6) is 0 Å². The Bertz CT molecular complexity index is 2510. The second-order valence-corrected chi connectivity index (χ2v) is 23.7. The van der Waals surface area contributed by atoms with Crippen LogP contribution in [0.2, 0.25) is 0 Å². The molecule has 21 N–H and O–H groups in total. The molecule has 0 aliphatic rings. The number of hydrogen-bond acceptors (Lipinski definition) is 18. The summed E-state index contributed by atoms with van der Waals surface area (Å²) in [7, 11) is 0. The number of carbonyl (C=O) groups is 15. The Morgan fingerprint density at radius 1 is 0.337 bits per heavy atom. The number of hydrogen-bond donors (Lipinski definition) is 18. The summed E-state index contributed by atoms with van der Waals surface area (Å²) in [5.74, 6) is -15.3. The molecule has 0 aliphatic carbocycles. The summed E-state index contributed by atoms with van der Waals surface area (Å²) in [4.78, 5) is 198. The standard InChI is InChI=1S/C59H106N16O17/c1-14-30(6)45(73-42(76)27-62)58(91)72-40(25-29(4)5)56(89)71-41(26-43(77)78)55(88)67-37(13)52(85)75-47(32(8)16-3)59(92)70-39(22-18-20-24-61)54(87)66-36(12)51(84)74-46(31(7)15-2)57(90)68-35(11)50(83)69-38(21-17-19-23-60)53(86)65-34(10)49(82)64-33(9)48(81)63-28-44(79)80/h29-41,45-47H,14-28,60-62H2,1-13H3,(H,63,81)(H,64,82)(H,65,86)(H,66,87)(H,67,88)(H,68,90)(H,69,83)(H,70,92)(H,71,89)(H,72,91)(H,73,76)(H,74,84)(H,75,85)(H,77,78)(H,79,80)/t30-,31-,32-,33-,34-,35-,36-,37-,38-,39-,40-,41-,45-,46-,47-/m0/s1. The molecule has 0 spiro atoms. The molecule has 33 heteroatoms. The highest BCUT2D eigenvalue weighted by molar-refractivity contribution is 6.00. The van der Waals surface area contributed by atoms with E-state index < -0.39 is 193 Å². The van der Waals surface area contributed by atoms with E-state index in [9.17, 15) is 77.0 Å². The minimum atomic E-state index is -1.77. The van der Waals surface area contributed by atoms with Gasteiger partial charge in [-0.15, -0.1) is 0 Å². The first-order valence-electron chi connectivity index (χ1n) is 31.5. The van der Waals surface area contributed by atoms with E-state index in [0.717, 1.165) is 0 Å². The molecule has 15 atom stereocenters. The van der Waals surface area contributed by atoms with E-state index in [2.05, 4.69) is 69.1 Å². The lowest BCUT2D eigenvalue weighted by Gasteiger charge is -2.29. The van der Waals surface area contributed by atoms with E-state index in [1.807, 2.05) is 0 Å². The number of carboxylic acids is 2. The van der Waals surface area contributed by atoms with Crippen LogP contribution >= 0.6 is 0 Å². The van der Waals surface area contributed by atoms with Crippen LogP contribution in [-0.4, -0.2) is 198 Å². The zero-order valence-corrected chi connectivity index (χ0v) is 55.6. The van der Waals surface area contributed by atoms with Gasteiger partial charge in [0.2, 0.25) is 76.8 Å². The van der Waals surface area contributed by atoms with E-state index >= 15 is 0 Å². The molecule has 0 bridgehead atoms. The van der Waals surface area contributed by atoms with Gasteiger partial charge in [0.05, 0.1) is 13.0 Å². The van der Waals surface area contributed by atoms with Crippen LogP contribution in [-0.2, 0) is 71.9 Å². The number of aliphatic carboxylic acids is 2. The Morgan fingerprint density at radius 2 is 0.641 bits per heavy atom. The van der Waals surface area contributed by atoms with Crippen molar-refractivity contribution in [3.05, 3.63) is 0 Å². The molecule has 0 aromatic heterocycles. The SMILES string of the molecule is CC[C@H](C)[C@H](NC(=O)CN)C(=O)N[C@@H](CC(C)C)C(=O)N[C@@H](CC(=O)O)C(=O)N[C@@H](C)C(=O)N[C@H](C(=O)N[C@@H](CCCCN)C(=O)N[C@@H](C)C(=O)N[C@H](C(=O)N[C@@H](C)C(=O)N[C@@H](CCCCN)C(=O)N[C@@H](C)C(=O)N[C@@H](C)C(=O)NCC(=O)O)[C@@H](C)CC)[C@@H](C)CC. The first-order valence-corrected chi connectivity index (χ1v) is 31.5. The number of amides is 13. The van der Waals surface area contributed by atoms with Gasteiger partial charge in [0.15, 0.2) is 0 Å². The Labute approximate surface area is 538 Å². The first kappa shape index (κ1) is 83.9. The lowest BCUT2D eigenvalue weighted by atomic mass is 9.96. The summed E-state index contributed by atoms with van der Waals surface area (Å²) in [6.45, 7) is 19.7. The lowest BCUT2D eigenvalue weighted by Crippen LogP contribution is -2.61. The molecule has 0 fully saturated rings. The number of unbranched alkanes of at least 4 members (excludes halogenated alkanes) is 2. The fraction of sp³-hybridized carbons (Fsp3) is 0.746. The Kier molecular flexibility index (Phi) is 39.8. The minimum Gasteiger partial charge on any atom is -0.481 e. The van der Waals surface area contributed by atoms with Gasteiger partial charge in [-0.1, -0.05) is 74.7 Å². The molecule has 0 saturated heterocycles. The van der Waals surface area contributed by atoms with Gasteiger partial charge >= 0.3 is 11.9 Å². The van der Waals surface area contributed by atoms with Crippen LogP contribution in [0.25, 0.3) is 0 Å². The molecule has 0 aromatic carbocycles. The highest BCUT2D eigenvalue weighted by atomic mass is 16.4. The summed E-state index contributed by atoms with van der Waals surface area (Å²) in [6, 6.07) is -15.8. The van der Waals surface area contributed by atoms with Crippen molar-refractivity contribution >= 4 is 88.7 Å². The Hall–Kier alpha value is -8.07. The second kappa shape index (κ2) is 43.6. The largest absolute Gasteiger partial charge is 0.481 e. The summed E-state index contributed by atoms with van der Waals surface area (Å²) < 4.78 is 0. The summed E-state index contributed by atoms with van der Waals surface area (Å²) >= 11 is 0. The smallest absolute Gasteiger partial charge is 0.322 e. The van der Waals surface area contributed by atoms with Gasteiger partial charge in [-0.25, -0.2) is 0 Å². The van der Waals surface area contributed by atoms with Crippen molar-refractivity contribution in [3.8, 4) is 0 Å². The molecule has 13 amide bonds. The van der Waals surface area contributed by atoms with Gasteiger partial charge in [0.1, 0.15) is 79.0 Å². The van der Waals surface area contributed by atoms with Crippen molar-refractivity contribution in [2.75, 3.05) is 26.2 Å². The average molecular weight is 1310 g/mol. The van der Waals surface area contributed by atoms with Crippen LogP contribution in [0.3, 0.4) is 0 Å². The highest BCUT2D eigenvalue weighted by Gasteiger charge is 2.37. The number of carbonyl (C=O) groups excluding carboxylic acids is 13. The van der Waals surface area contributed by atoms with Crippen molar-refractivity contribution in [1.82, 2.24) is 69.1 Å². The number of rotatable bonds is 45. The van der Waals surface area contributed by atoms with Crippen molar-refractivity contribution in [2.24, 2.45) is 40.9 Å². The predicted molar refractivity (Wildman–Crippen MR) is 337 cm³/mol. The van der Waals surface area contributed by atoms with Crippen molar-refractivity contribution in [1.29, 1.82) is 0 Å². The molecule has 0 saturated carbocycles. The van der Waals surface area contributed by atoms with E-state index in [0.29, 0.717) is 44.9 Å². The molecule has 92 heavy (non-hydrogen) atoms. The maximum Gasteiger partial charge on any atom is 0.322 e. The molecule has 0 unspecified atom stereocenters. The third-order valence-corrected chi connectivity index (χ3v) is 15.3. The van der Waals surface area contributed by atoms with Crippen LogP contribution < -0.4 is 86.3 Å². The zero-order chi connectivity index (χ0) is 70.7. The quantitative estimate of drug-likeness (QED) is 0.0258. The lowest BCUT2D eigenvalue weighted by molar-refractivity contribution is -0.141. The van der Waals surface area contributed by atoms with E-state index in [1.54, 1.807) is 55.4 Å². The van der Waals surface area contributed by atoms with Gasteiger partial charge in [0, 0.05) is 0 Å². The highest BCUT2D eigenvalue weighted by Crippen LogP contribution is 2.15. The molecule has 0 heterocycles. The molecule has 0 aromatic rings. The van der Waals surface area contributed by atoms with E-state index in [1.165, 1.54) is 34.6 Å². The van der Waals surface area contributed by atoms with Crippen molar-refractivity contribution in [3.63, 3.8) is 0 Å². The van der Waals surface area contributed by atoms with Gasteiger partial charge in [-0.3, -0.25) is 71.9 Å². The van der Waals surface area contributed by atoms with Gasteiger partial charge in [-0.05, 0) is 116 Å². The van der Waals surface area contributed by atoms with Crippen LogP contribution in [0.1, 0.15) is 161 Å². The normalized spacial score (nSPS) is 16.0. The first-order chi connectivity index (χ1) is 43.0. The Balaban J connectivity index is 6.36. The van der Waals surface area contributed by atoms with Crippen LogP contribution in [0, 0.1) is 23.7 Å². The predicted octanol–water partition coefficient (Wildman–Crippen LogP) is -4.02. The van der Waals surface area contributed by atoms with Crippen molar-refractivity contribution in [2.45, 2.75) is 233 Å². The maximum atomic E-state index is 14.2. The average Bonchev–Trinajstić information content (AvgIpc) is 1.15. The summed E-state index contributed by atoms with van der Waals surface area (Å²) in [6.07, 6.45) is 1.87. The number of nitrogens with two attached hydrogens (primary N) is 3. The fourth-order valence-corrected chi connectivity index (χ4v) is 8.82. The molecular weight excluding hydrogens is 1200 g/mol.